The summed E-state index contributed by atoms with van der Waals surface area (Å²) in [6.45, 7) is 7.40. The number of phosphoric acid groups is 1. The zero-order valence-electron chi connectivity index (χ0n) is 20.0. The summed E-state index contributed by atoms with van der Waals surface area (Å²) in [4.78, 5) is 13.1. The second-order valence-corrected chi connectivity index (χ2v) is 11.9. The lowest BCUT2D eigenvalue weighted by Gasteiger charge is -2.23. The Labute approximate surface area is 198 Å². The molecule has 1 fully saturated rings. The van der Waals surface area contributed by atoms with Crippen molar-refractivity contribution in [1.29, 1.82) is 0 Å². The lowest BCUT2D eigenvalue weighted by molar-refractivity contribution is -0.130. The first-order valence-electron chi connectivity index (χ1n) is 11.6. The van der Waals surface area contributed by atoms with Crippen LogP contribution in [-0.4, -0.2) is 48.9 Å². The molecule has 0 aromatic heterocycles. The zero-order valence-corrected chi connectivity index (χ0v) is 21.7. The van der Waals surface area contributed by atoms with Gasteiger partial charge in [-0.2, -0.15) is 17.0 Å². The molecule has 9 nitrogen and oxygen atoms in total. The third-order valence-electron chi connectivity index (χ3n) is 5.16. The summed E-state index contributed by atoms with van der Waals surface area (Å²) >= 11 is 0. The van der Waals surface area contributed by atoms with Crippen LogP contribution < -0.4 is 0 Å². The normalized spacial score (nSPS) is 19.0. The number of benzene rings is 1. The van der Waals surface area contributed by atoms with Gasteiger partial charge in [-0.25, -0.2) is 4.57 Å². The molecule has 0 N–H and O–H groups in total. The molecule has 188 valence electrons. The number of carbonyl (C=O) groups excluding carboxylic acids is 1. The fourth-order valence-electron chi connectivity index (χ4n) is 3.32. The van der Waals surface area contributed by atoms with E-state index in [1.54, 1.807) is 0 Å². The van der Waals surface area contributed by atoms with Crippen molar-refractivity contribution < 1.29 is 31.3 Å². The van der Waals surface area contributed by atoms with Gasteiger partial charge in [0.1, 0.15) is 12.8 Å². The van der Waals surface area contributed by atoms with E-state index in [-0.39, 0.29) is 25.7 Å². The number of rotatable bonds is 15. The highest BCUT2D eigenvalue weighted by Gasteiger charge is 2.51. The van der Waals surface area contributed by atoms with Gasteiger partial charge in [0, 0.05) is 6.54 Å². The monoisotopic (exact) mass is 504 g/mol. The average Bonchev–Trinajstić information content (AvgIpc) is 2.93. The molecule has 1 aliphatic heterocycles. The molecule has 1 aliphatic rings. The lowest BCUT2D eigenvalue weighted by Crippen LogP contribution is -2.36. The molecular weight excluding hydrogens is 467 g/mol. The van der Waals surface area contributed by atoms with E-state index in [1.165, 1.54) is 4.31 Å². The smallest absolute Gasteiger partial charge is 0.287 e. The molecule has 0 radical (unpaired) electrons. The highest BCUT2D eigenvalue weighted by molar-refractivity contribution is 7.87. The topological polar surface area (TPSA) is 102 Å². The Morgan fingerprint density at radius 3 is 2.09 bits per heavy atom. The lowest BCUT2D eigenvalue weighted by atomic mass is 10.0. The van der Waals surface area contributed by atoms with Crippen molar-refractivity contribution >= 4 is 23.9 Å². The van der Waals surface area contributed by atoms with Crippen molar-refractivity contribution in [2.24, 2.45) is 5.92 Å². The van der Waals surface area contributed by atoms with Gasteiger partial charge in [0.15, 0.2) is 0 Å². The van der Waals surface area contributed by atoms with Crippen LogP contribution >= 0.6 is 7.82 Å². The highest BCUT2D eigenvalue weighted by atomic mass is 32.2. The summed E-state index contributed by atoms with van der Waals surface area (Å²) in [6.07, 6.45) is 3.29. The third-order valence-corrected chi connectivity index (χ3v) is 8.40. The average molecular weight is 505 g/mol. The first kappa shape index (κ1) is 28.0. The molecule has 11 heteroatoms. The van der Waals surface area contributed by atoms with E-state index in [2.05, 4.69) is 0 Å². The van der Waals surface area contributed by atoms with Crippen molar-refractivity contribution in [2.75, 3.05) is 19.9 Å². The van der Waals surface area contributed by atoms with Crippen LogP contribution in [0.4, 0.5) is 0 Å². The molecule has 0 spiro atoms. The van der Waals surface area contributed by atoms with E-state index in [9.17, 15) is 17.8 Å². The largest absolute Gasteiger partial charge is 0.476 e. The minimum atomic E-state index is -4.18. The molecule has 1 heterocycles. The molecular formula is C22H37N2O7PS. The van der Waals surface area contributed by atoms with Gasteiger partial charge in [-0.1, -0.05) is 70.9 Å². The molecule has 1 amide bonds. The predicted octanol–water partition coefficient (Wildman–Crippen LogP) is 4.71. The summed E-state index contributed by atoms with van der Waals surface area (Å²) < 4.78 is 57.6. The maximum atomic E-state index is 13.3. The number of nitrogens with zero attached hydrogens (tertiary/aromatic N) is 2. The van der Waals surface area contributed by atoms with Crippen molar-refractivity contribution in [1.82, 2.24) is 8.61 Å². The van der Waals surface area contributed by atoms with Crippen LogP contribution in [0.1, 0.15) is 65.4 Å². The molecule has 2 rings (SSSR count). The van der Waals surface area contributed by atoms with Crippen molar-refractivity contribution in [3.05, 3.63) is 35.9 Å². The summed E-state index contributed by atoms with van der Waals surface area (Å²) in [5.74, 6) is -0.512. The summed E-state index contributed by atoms with van der Waals surface area (Å²) in [6, 6.07) is 8.23. The van der Waals surface area contributed by atoms with Crippen molar-refractivity contribution in [2.45, 2.75) is 72.4 Å². The van der Waals surface area contributed by atoms with Gasteiger partial charge in [-0.05, 0) is 30.7 Å². The van der Waals surface area contributed by atoms with Gasteiger partial charge in [-0.3, -0.25) is 18.4 Å². The number of carbonyl (C=O) groups is 1. The van der Waals surface area contributed by atoms with E-state index in [0.29, 0.717) is 23.6 Å². The third kappa shape index (κ3) is 7.87. The van der Waals surface area contributed by atoms with E-state index in [0.717, 1.165) is 18.4 Å². The van der Waals surface area contributed by atoms with Crippen LogP contribution in [0.15, 0.2) is 30.3 Å². The van der Waals surface area contributed by atoms with Crippen molar-refractivity contribution in [3.63, 3.8) is 0 Å². The van der Waals surface area contributed by atoms with Crippen molar-refractivity contribution in [3.8, 4) is 0 Å². The number of hydrogen-bond donors (Lipinski definition) is 0. The SMILES string of the molecule is CCCCOP(=O)(OCCCC)OCN1C(=O)C(CC(C)C)N(Cc2ccccc2)S1(=O)=O. The van der Waals surface area contributed by atoms with Gasteiger partial charge in [0.2, 0.25) is 0 Å². The van der Waals surface area contributed by atoms with Gasteiger partial charge in [0.05, 0.1) is 13.2 Å². The Morgan fingerprint density at radius 2 is 1.58 bits per heavy atom. The highest BCUT2D eigenvalue weighted by Crippen LogP contribution is 2.50. The van der Waals surface area contributed by atoms with Crippen LogP contribution in [0.2, 0.25) is 0 Å². The minimum absolute atomic E-state index is 0.0560. The second kappa shape index (κ2) is 13.0. The van der Waals surface area contributed by atoms with Crippen LogP contribution in [0.25, 0.3) is 0 Å². The number of hydrogen-bond acceptors (Lipinski definition) is 7. The van der Waals surface area contributed by atoms with Crippen LogP contribution in [0.3, 0.4) is 0 Å². The Bertz CT molecular complexity index is 881. The summed E-state index contributed by atoms with van der Waals surface area (Å²) in [7, 11) is -8.21. The standard InChI is InChI=1S/C22H37N2O7PS/c1-5-7-14-29-32(26,30-15-8-6-2)31-18-24-22(25)21(16-19(3)4)23(33(24,27)28)17-20-12-10-9-11-13-20/h9-13,19,21H,5-8,14-18H2,1-4H3. The summed E-state index contributed by atoms with van der Waals surface area (Å²) in [5.41, 5.74) is 0.766. The fourth-order valence-corrected chi connectivity index (χ4v) is 6.18. The van der Waals surface area contributed by atoms with Crippen LogP contribution in [0, 0.1) is 5.92 Å². The first-order valence-corrected chi connectivity index (χ1v) is 14.4. The number of phosphoric ester groups is 1. The van der Waals surface area contributed by atoms with Gasteiger partial charge >= 0.3 is 18.0 Å². The molecule has 0 aliphatic carbocycles. The maximum absolute atomic E-state index is 13.3. The Kier molecular flexibility index (Phi) is 11.0. The molecule has 33 heavy (non-hydrogen) atoms. The van der Waals surface area contributed by atoms with Gasteiger partial charge < -0.3 is 0 Å². The molecule has 1 saturated heterocycles. The molecule has 1 aromatic rings. The molecule has 0 saturated carbocycles. The second-order valence-electron chi connectivity index (χ2n) is 8.45. The van der Waals surface area contributed by atoms with E-state index < -0.39 is 36.7 Å². The van der Waals surface area contributed by atoms with E-state index >= 15 is 0 Å². The zero-order chi connectivity index (χ0) is 24.5. The van der Waals surface area contributed by atoms with Gasteiger partial charge in [0.25, 0.3) is 5.91 Å². The van der Waals surface area contributed by atoms with E-state index in [1.807, 2.05) is 58.0 Å². The van der Waals surface area contributed by atoms with Crippen LogP contribution in [-0.2, 0) is 39.7 Å². The summed E-state index contributed by atoms with van der Waals surface area (Å²) in [5, 5.41) is 0. The molecule has 0 bridgehead atoms. The molecule has 1 atom stereocenters. The first-order chi connectivity index (χ1) is 15.6. The minimum Gasteiger partial charge on any atom is -0.287 e. The fraction of sp³-hybridized carbons (Fsp3) is 0.682. The number of amides is 1. The Hall–Kier alpha value is -1.29. The maximum Gasteiger partial charge on any atom is 0.476 e. The molecule has 1 unspecified atom stereocenters. The Balaban J connectivity index is 2.22. The van der Waals surface area contributed by atoms with Gasteiger partial charge in [-0.15, -0.1) is 0 Å². The van der Waals surface area contributed by atoms with E-state index in [4.69, 9.17) is 13.6 Å². The predicted molar refractivity (Wildman–Crippen MR) is 126 cm³/mol. The quantitative estimate of drug-likeness (QED) is 0.252. The van der Waals surface area contributed by atoms with Crippen LogP contribution in [0.5, 0.6) is 0 Å². The number of unbranched alkanes of at least 4 members (excludes halogenated alkanes) is 2. The Morgan fingerprint density at radius 1 is 1.00 bits per heavy atom. The molecule has 1 aromatic carbocycles.